The Labute approximate surface area is 126 Å². The van der Waals surface area contributed by atoms with Crippen LogP contribution in [0.15, 0.2) is 24.5 Å². The maximum atomic E-state index is 12.1. The summed E-state index contributed by atoms with van der Waals surface area (Å²) in [6, 6.07) is 3.91. The van der Waals surface area contributed by atoms with Gasteiger partial charge in [-0.25, -0.2) is 0 Å². The predicted octanol–water partition coefficient (Wildman–Crippen LogP) is 1.49. The molecule has 0 unspecified atom stereocenters. The molecule has 1 aromatic heterocycles. The van der Waals surface area contributed by atoms with E-state index >= 15 is 0 Å². The molecule has 5 heteroatoms. The molecule has 114 valence electrons. The first-order chi connectivity index (χ1) is 10.3. The quantitative estimate of drug-likeness (QED) is 0.881. The van der Waals surface area contributed by atoms with Crippen molar-refractivity contribution >= 4 is 11.6 Å². The zero-order valence-electron chi connectivity index (χ0n) is 12.5. The van der Waals surface area contributed by atoms with E-state index in [2.05, 4.69) is 20.5 Å². The number of hydrogen-bond donors (Lipinski definition) is 2. The Balaban J connectivity index is 1.52. The van der Waals surface area contributed by atoms with E-state index < -0.39 is 0 Å². The van der Waals surface area contributed by atoms with E-state index in [1.54, 1.807) is 6.20 Å². The average molecular weight is 288 g/mol. The molecule has 5 nitrogen and oxygen atoms in total. The van der Waals surface area contributed by atoms with Gasteiger partial charge >= 0.3 is 0 Å². The minimum absolute atomic E-state index is 0.312. The Bertz CT molecular complexity index is 470. The summed E-state index contributed by atoms with van der Waals surface area (Å²) in [5.74, 6) is 0.312. The Morgan fingerprint density at radius 3 is 2.95 bits per heavy atom. The van der Waals surface area contributed by atoms with Crippen molar-refractivity contribution in [2.45, 2.75) is 25.7 Å². The number of carbonyl (C=O) groups excluding carboxylic acids is 1. The SMILES string of the molecule is O=C1CCC2(CCNCC2)CN1CCNc1cccnc1. The molecule has 0 bridgehead atoms. The summed E-state index contributed by atoms with van der Waals surface area (Å²) in [6.07, 6.45) is 7.76. The van der Waals surface area contributed by atoms with Crippen LogP contribution in [0.1, 0.15) is 25.7 Å². The van der Waals surface area contributed by atoms with Crippen molar-refractivity contribution in [3.63, 3.8) is 0 Å². The van der Waals surface area contributed by atoms with Crippen molar-refractivity contribution < 1.29 is 4.79 Å². The van der Waals surface area contributed by atoms with Crippen LogP contribution in [-0.4, -0.2) is 48.5 Å². The Hall–Kier alpha value is -1.62. The first kappa shape index (κ1) is 14.3. The highest BCUT2D eigenvalue weighted by Crippen LogP contribution is 2.38. The standard InChI is InChI=1S/C16H24N4O/c21-15-3-4-16(5-8-17-9-6-16)13-20(15)11-10-19-14-2-1-7-18-12-14/h1-2,7,12,17,19H,3-6,8-11,13H2. The number of aromatic nitrogens is 1. The number of nitrogens with zero attached hydrogens (tertiary/aromatic N) is 2. The molecular formula is C16H24N4O. The third-order valence-electron chi connectivity index (χ3n) is 4.78. The molecule has 2 saturated heterocycles. The molecule has 0 saturated carbocycles. The second-order valence-corrected chi connectivity index (χ2v) is 6.23. The summed E-state index contributed by atoms with van der Waals surface area (Å²) < 4.78 is 0. The number of hydrogen-bond acceptors (Lipinski definition) is 4. The monoisotopic (exact) mass is 288 g/mol. The van der Waals surface area contributed by atoms with Crippen molar-refractivity contribution in [1.82, 2.24) is 15.2 Å². The van der Waals surface area contributed by atoms with Gasteiger partial charge in [-0.05, 0) is 49.9 Å². The molecule has 0 aromatic carbocycles. The highest BCUT2D eigenvalue weighted by Gasteiger charge is 2.39. The van der Waals surface area contributed by atoms with Gasteiger partial charge in [0.05, 0.1) is 5.69 Å². The number of carbonyl (C=O) groups is 1. The molecule has 2 N–H and O–H groups in total. The fourth-order valence-electron chi connectivity index (χ4n) is 3.47. The lowest BCUT2D eigenvalue weighted by Crippen LogP contribution is -2.51. The Kier molecular flexibility index (Phi) is 4.39. The molecule has 2 fully saturated rings. The van der Waals surface area contributed by atoms with Gasteiger partial charge < -0.3 is 15.5 Å². The van der Waals surface area contributed by atoms with Crippen LogP contribution in [0.2, 0.25) is 0 Å². The van der Waals surface area contributed by atoms with Crippen molar-refractivity contribution in [2.24, 2.45) is 5.41 Å². The van der Waals surface area contributed by atoms with Crippen LogP contribution in [0.5, 0.6) is 0 Å². The predicted molar refractivity (Wildman–Crippen MR) is 83.1 cm³/mol. The number of piperidine rings is 2. The van der Waals surface area contributed by atoms with E-state index in [4.69, 9.17) is 0 Å². The fourth-order valence-corrected chi connectivity index (χ4v) is 3.47. The molecular weight excluding hydrogens is 264 g/mol. The largest absolute Gasteiger partial charge is 0.382 e. The number of amides is 1. The Morgan fingerprint density at radius 1 is 1.33 bits per heavy atom. The van der Waals surface area contributed by atoms with Gasteiger partial charge in [0.2, 0.25) is 5.91 Å². The normalized spacial score (nSPS) is 21.5. The number of nitrogens with one attached hydrogen (secondary N) is 2. The molecule has 0 radical (unpaired) electrons. The van der Waals surface area contributed by atoms with Crippen molar-refractivity contribution in [2.75, 3.05) is 38.0 Å². The van der Waals surface area contributed by atoms with Gasteiger partial charge in [0.15, 0.2) is 0 Å². The maximum Gasteiger partial charge on any atom is 0.222 e. The van der Waals surface area contributed by atoms with Gasteiger partial charge in [0.25, 0.3) is 0 Å². The average Bonchev–Trinajstić information content (AvgIpc) is 2.53. The lowest BCUT2D eigenvalue weighted by molar-refractivity contribution is -0.138. The van der Waals surface area contributed by atoms with Gasteiger partial charge in [-0.1, -0.05) is 0 Å². The highest BCUT2D eigenvalue weighted by atomic mass is 16.2. The second kappa shape index (κ2) is 6.43. The van der Waals surface area contributed by atoms with Crippen LogP contribution in [0.4, 0.5) is 5.69 Å². The summed E-state index contributed by atoms with van der Waals surface area (Å²) in [4.78, 5) is 18.3. The van der Waals surface area contributed by atoms with Crippen LogP contribution in [-0.2, 0) is 4.79 Å². The molecule has 1 amide bonds. The molecule has 21 heavy (non-hydrogen) atoms. The molecule has 1 spiro atoms. The topological polar surface area (TPSA) is 57.3 Å². The van der Waals surface area contributed by atoms with E-state index in [9.17, 15) is 4.79 Å². The lowest BCUT2D eigenvalue weighted by atomic mass is 9.73. The molecule has 3 heterocycles. The first-order valence-corrected chi connectivity index (χ1v) is 7.90. The molecule has 0 aliphatic carbocycles. The van der Waals surface area contributed by atoms with Crippen LogP contribution < -0.4 is 10.6 Å². The second-order valence-electron chi connectivity index (χ2n) is 6.23. The van der Waals surface area contributed by atoms with E-state index in [-0.39, 0.29) is 0 Å². The van der Waals surface area contributed by atoms with E-state index in [0.717, 1.165) is 44.8 Å². The van der Waals surface area contributed by atoms with E-state index in [1.165, 1.54) is 12.8 Å². The minimum atomic E-state index is 0.312. The van der Waals surface area contributed by atoms with Gasteiger partial charge in [-0.15, -0.1) is 0 Å². The van der Waals surface area contributed by atoms with Crippen molar-refractivity contribution in [1.29, 1.82) is 0 Å². The molecule has 3 rings (SSSR count). The summed E-state index contributed by atoms with van der Waals surface area (Å²) in [6.45, 7) is 4.68. The van der Waals surface area contributed by atoms with Gasteiger partial charge in [-0.3, -0.25) is 9.78 Å². The lowest BCUT2D eigenvalue weighted by Gasteiger charge is -2.45. The third-order valence-corrected chi connectivity index (χ3v) is 4.78. The zero-order valence-corrected chi connectivity index (χ0v) is 12.5. The number of pyridine rings is 1. The summed E-state index contributed by atoms with van der Waals surface area (Å²) in [5.41, 5.74) is 1.38. The molecule has 1 aromatic rings. The fraction of sp³-hybridized carbons (Fsp3) is 0.625. The summed E-state index contributed by atoms with van der Waals surface area (Å²) >= 11 is 0. The number of rotatable bonds is 4. The van der Waals surface area contributed by atoms with Crippen molar-refractivity contribution in [3.8, 4) is 0 Å². The minimum Gasteiger partial charge on any atom is -0.382 e. The third kappa shape index (κ3) is 3.53. The highest BCUT2D eigenvalue weighted by molar-refractivity contribution is 5.77. The molecule has 2 aliphatic rings. The van der Waals surface area contributed by atoms with Crippen LogP contribution in [0, 0.1) is 5.41 Å². The number of likely N-dealkylation sites (tertiary alicyclic amines) is 1. The first-order valence-electron chi connectivity index (χ1n) is 7.90. The summed E-state index contributed by atoms with van der Waals surface area (Å²) in [5, 5.41) is 6.76. The zero-order chi connectivity index (χ0) is 14.5. The van der Waals surface area contributed by atoms with Crippen LogP contribution in [0.25, 0.3) is 0 Å². The van der Waals surface area contributed by atoms with Crippen LogP contribution >= 0.6 is 0 Å². The van der Waals surface area contributed by atoms with Gasteiger partial charge in [0, 0.05) is 38.4 Å². The molecule has 2 aliphatic heterocycles. The van der Waals surface area contributed by atoms with Crippen molar-refractivity contribution in [3.05, 3.63) is 24.5 Å². The molecule has 0 atom stereocenters. The van der Waals surface area contributed by atoms with Gasteiger partial charge in [-0.2, -0.15) is 0 Å². The smallest absolute Gasteiger partial charge is 0.222 e. The van der Waals surface area contributed by atoms with E-state index in [0.29, 0.717) is 17.7 Å². The van der Waals surface area contributed by atoms with E-state index in [1.807, 2.05) is 18.3 Å². The van der Waals surface area contributed by atoms with Crippen LogP contribution in [0.3, 0.4) is 0 Å². The van der Waals surface area contributed by atoms with Gasteiger partial charge in [0.1, 0.15) is 0 Å². The maximum absolute atomic E-state index is 12.1. The summed E-state index contributed by atoms with van der Waals surface area (Å²) in [7, 11) is 0. The Morgan fingerprint density at radius 2 is 2.19 bits per heavy atom. The number of anilines is 1.